The fourth-order valence-electron chi connectivity index (χ4n) is 4.29. The summed E-state index contributed by atoms with van der Waals surface area (Å²) in [6, 6.07) is 1.91. The second-order valence-electron chi connectivity index (χ2n) is 10.1. The maximum absolute atomic E-state index is 8.20. The van der Waals surface area contributed by atoms with Gasteiger partial charge in [-0.25, -0.2) is 0 Å². The molecule has 3 N–H and O–H groups in total. The summed E-state index contributed by atoms with van der Waals surface area (Å²) in [5, 5.41) is 8.20. The molecule has 0 bridgehead atoms. The van der Waals surface area contributed by atoms with Crippen molar-refractivity contribution in [3.63, 3.8) is 0 Å². The Kier molecular flexibility index (Phi) is 6.57. The number of nitrogens with one attached hydrogen (secondary N) is 1. The highest BCUT2D eigenvalue weighted by Crippen LogP contribution is 2.59. The molecule has 1 aliphatic heterocycles. The zero-order chi connectivity index (χ0) is 21.1. The average Bonchev–Trinajstić information content (AvgIpc) is 3.35. The number of allylic oxidation sites excluding steroid dienone is 1. The second kappa shape index (κ2) is 8.78. The van der Waals surface area contributed by atoms with Crippen LogP contribution in [0.15, 0.2) is 35.6 Å². The predicted molar refractivity (Wildman–Crippen MR) is 122 cm³/mol. The minimum absolute atomic E-state index is 0.416. The number of pyridine rings is 1. The van der Waals surface area contributed by atoms with Gasteiger partial charge in [-0.15, -0.1) is 0 Å². The van der Waals surface area contributed by atoms with Crippen LogP contribution in [0.25, 0.3) is 0 Å². The molecule has 2 aliphatic rings. The van der Waals surface area contributed by atoms with Gasteiger partial charge in [-0.05, 0) is 92.8 Å². The van der Waals surface area contributed by atoms with E-state index in [2.05, 4.69) is 35.6 Å². The first-order valence-electron chi connectivity index (χ1n) is 10.9. The summed E-state index contributed by atoms with van der Waals surface area (Å²) in [7, 11) is 0. The van der Waals surface area contributed by atoms with Crippen molar-refractivity contribution in [2.45, 2.75) is 53.4 Å². The number of amidine groups is 1. The largest absolute Gasteiger partial charge is 0.384 e. The average molecular weight is 396 g/mol. The van der Waals surface area contributed by atoms with Gasteiger partial charge in [-0.2, -0.15) is 0 Å². The third-order valence-corrected chi connectivity index (χ3v) is 6.63. The van der Waals surface area contributed by atoms with Gasteiger partial charge in [0.25, 0.3) is 0 Å². The summed E-state index contributed by atoms with van der Waals surface area (Å²) in [4.78, 5) is 11.3. The number of aliphatic imine (C=N–C) groups is 1. The maximum Gasteiger partial charge on any atom is 0.118 e. The van der Waals surface area contributed by atoms with Crippen LogP contribution in [0, 0.1) is 29.1 Å². The number of nitrogens with zero attached hydrogens (tertiary/aromatic N) is 3. The van der Waals surface area contributed by atoms with Crippen LogP contribution in [0.2, 0.25) is 0 Å². The number of likely N-dealkylation sites (tertiary alicyclic amines) is 1. The molecule has 1 unspecified atom stereocenters. The lowest BCUT2D eigenvalue weighted by atomic mass is 9.88. The lowest BCUT2D eigenvalue weighted by Gasteiger charge is -2.34. The molecule has 29 heavy (non-hydrogen) atoms. The van der Waals surface area contributed by atoms with Gasteiger partial charge in [-0.3, -0.25) is 9.98 Å². The molecule has 5 nitrogen and oxygen atoms in total. The van der Waals surface area contributed by atoms with E-state index in [1.807, 2.05) is 13.0 Å². The first-order chi connectivity index (χ1) is 13.7. The van der Waals surface area contributed by atoms with E-state index in [1.165, 1.54) is 45.3 Å². The van der Waals surface area contributed by atoms with Crippen LogP contribution in [0.4, 0.5) is 0 Å². The molecule has 1 aromatic rings. The van der Waals surface area contributed by atoms with E-state index in [1.54, 1.807) is 24.5 Å². The van der Waals surface area contributed by atoms with E-state index in [9.17, 15) is 0 Å². The topological polar surface area (TPSA) is 78.4 Å². The van der Waals surface area contributed by atoms with Gasteiger partial charge in [0.15, 0.2) is 0 Å². The van der Waals surface area contributed by atoms with Gasteiger partial charge in [-0.1, -0.05) is 20.8 Å². The van der Waals surface area contributed by atoms with E-state index in [4.69, 9.17) is 11.1 Å². The molecule has 2 heterocycles. The zero-order valence-electron chi connectivity index (χ0n) is 18.5. The van der Waals surface area contributed by atoms with Gasteiger partial charge < -0.3 is 16.0 Å². The Bertz CT molecular complexity index is 779. The summed E-state index contributed by atoms with van der Waals surface area (Å²) in [5.74, 6) is 1.19. The number of aryl methyl sites for hydroxylation is 1. The molecule has 2 fully saturated rings. The fraction of sp³-hybridized carbons (Fsp3) is 0.625. The van der Waals surface area contributed by atoms with Gasteiger partial charge in [0.1, 0.15) is 5.84 Å². The Hall–Kier alpha value is -2.01. The Morgan fingerprint density at radius 2 is 2.07 bits per heavy atom. The van der Waals surface area contributed by atoms with Gasteiger partial charge in [0.2, 0.25) is 0 Å². The molecule has 5 heteroatoms. The number of hydrogen-bond donors (Lipinski definition) is 2. The van der Waals surface area contributed by atoms with Crippen molar-refractivity contribution >= 4 is 11.5 Å². The van der Waals surface area contributed by atoms with E-state index in [0.717, 1.165) is 17.7 Å². The SMILES string of the molecule is Cc1ccncc1C(=N)/C=C\C(N)=NCC1CC12CCN(CCC(C)(C)C)CC2. The highest BCUT2D eigenvalue weighted by molar-refractivity contribution is 6.10. The van der Waals surface area contributed by atoms with Crippen molar-refractivity contribution in [1.29, 1.82) is 5.41 Å². The zero-order valence-corrected chi connectivity index (χ0v) is 18.5. The molecule has 1 saturated heterocycles. The number of piperidine rings is 1. The van der Waals surface area contributed by atoms with Crippen molar-refractivity contribution in [1.82, 2.24) is 9.88 Å². The van der Waals surface area contributed by atoms with Crippen molar-refractivity contribution in [2.75, 3.05) is 26.2 Å². The molecule has 3 rings (SSSR count). The monoisotopic (exact) mass is 395 g/mol. The quantitative estimate of drug-likeness (QED) is 0.536. The molecule has 1 atom stereocenters. The van der Waals surface area contributed by atoms with E-state index in [-0.39, 0.29) is 0 Å². The lowest BCUT2D eigenvalue weighted by molar-refractivity contribution is 0.146. The number of hydrogen-bond acceptors (Lipinski definition) is 4. The minimum atomic E-state index is 0.416. The number of rotatable bonds is 7. The van der Waals surface area contributed by atoms with Crippen LogP contribution in [-0.2, 0) is 0 Å². The summed E-state index contributed by atoms with van der Waals surface area (Å²) in [5.41, 5.74) is 9.30. The van der Waals surface area contributed by atoms with Crippen LogP contribution in [0.5, 0.6) is 0 Å². The maximum atomic E-state index is 8.20. The predicted octanol–water partition coefficient (Wildman–Crippen LogP) is 4.21. The Balaban J connectivity index is 1.43. The molecule has 158 valence electrons. The van der Waals surface area contributed by atoms with E-state index >= 15 is 0 Å². The first-order valence-corrected chi connectivity index (χ1v) is 10.9. The van der Waals surface area contributed by atoms with Crippen molar-refractivity contribution in [2.24, 2.45) is 27.5 Å². The molecule has 1 saturated carbocycles. The van der Waals surface area contributed by atoms with Crippen LogP contribution in [0.1, 0.15) is 57.6 Å². The van der Waals surface area contributed by atoms with Crippen LogP contribution < -0.4 is 5.73 Å². The van der Waals surface area contributed by atoms with E-state index < -0.39 is 0 Å². The molecule has 1 aromatic heterocycles. The molecular weight excluding hydrogens is 358 g/mol. The van der Waals surface area contributed by atoms with Crippen LogP contribution in [-0.4, -0.2) is 47.6 Å². The van der Waals surface area contributed by atoms with Gasteiger partial charge in [0, 0.05) is 24.5 Å². The summed E-state index contributed by atoms with van der Waals surface area (Å²) < 4.78 is 0. The Labute approximate surface area is 176 Å². The fourth-order valence-corrected chi connectivity index (χ4v) is 4.29. The van der Waals surface area contributed by atoms with Crippen molar-refractivity contribution in [3.05, 3.63) is 41.7 Å². The standard InChI is InChI=1S/C24H37N5/c1-18-7-11-27-17-20(18)21(25)5-6-22(26)28-16-19-15-24(19)9-13-29(14-10-24)12-8-23(2,3)4/h5-7,11,17,19,25H,8-10,12-16H2,1-4H3,(H2,26,28)/b6-5-,25-21?. The second-order valence-corrected chi connectivity index (χ2v) is 10.1. The number of aromatic nitrogens is 1. The third kappa shape index (κ3) is 5.99. The summed E-state index contributed by atoms with van der Waals surface area (Å²) in [6.07, 6.45) is 12.1. The Morgan fingerprint density at radius 3 is 2.72 bits per heavy atom. The number of nitrogens with two attached hydrogens (primary N) is 1. The summed E-state index contributed by atoms with van der Waals surface area (Å²) in [6.45, 7) is 13.5. The minimum Gasteiger partial charge on any atom is -0.384 e. The van der Waals surface area contributed by atoms with Crippen molar-refractivity contribution in [3.8, 4) is 0 Å². The van der Waals surface area contributed by atoms with Crippen molar-refractivity contribution < 1.29 is 0 Å². The first kappa shape index (κ1) is 21.7. The van der Waals surface area contributed by atoms with Gasteiger partial charge in [0.05, 0.1) is 5.71 Å². The Morgan fingerprint density at radius 1 is 1.34 bits per heavy atom. The summed E-state index contributed by atoms with van der Waals surface area (Å²) >= 11 is 0. The van der Waals surface area contributed by atoms with Crippen LogP contribution >= 0.6 is 0 Å². The highest BCUT2D eigenvalue weighted by Gasteiger charge is 2.54. The third-order valence-electron chi connectivity index (χ3n) is 6.63. The van der Waals surface area contributed by atoms with Gasteiger partial charge >= 0.3 is 0 Å². The van der Waals surface area contributed by atoms with Crippen LogP contribution in [0.3, 0.4) is 0 Å². The highest BCUT2D eigenvalue weighted by atomic mass is 15.1. The molecule has 0 aromatic carbocycles. The van der Waals surface area contributed by atoms with E-state index in [0.29, 0.717) is 28.3 Å². The normalized spacial score (nSPS) is 22.3. The molecule has 0 radical (unpaired) electrons. The molecule has 1 spiro atoms. The molecule has 1 aliphatic carbocycles. The molecule has 0 amide bonds. The lowest BCUT2D eigenvalue weighted by Crippen LogP contribution is -2.37. The molecular formula is C24H37N5. The smallest absolute Gasteiger partial charge is 0.118 e.